The maximum atomic E-state index is 11.1. The Kier molecular flexibility index (Phi) is 4.43. The maximum absolute atomic E-state index is 11.1. The van der Waals surface area contributed by atoms with Gasteiger partial charge < -0.3 is 15.8 Å². The third kappa shape index (κ3) is 3.47. The molecule has 0 saturated carbocycles. The zero-order chi connectivity index (χ0) is 13.8. The van der Waals surface area contributed by atoms with Crippen LogP contribution in [0.15, 0.2) is 18.2 Å². The number of carbonyl (C=O) groups excluding carboxylic acids is 1. The van der Waals surface area contributed by atoms with E-state index in [1.165, 1.54) is 0 Å². The van der Waals surface area contributed by atoms with Gasteiger partial charge >= 0.3 is 0 Å². The maximum Gasteiger partial charge on any atom is 0.248 e. The summed E-state index contributed by atoms with van der Waals surface area (Å²) in [6.45, 7) is 4.96. The van der Waals surface area contributed by atoms with Crippen molar-refractivity contribution in [2.75, 3.05) is 11.9 Å². The van der Waals surface area contributed by atoms with Crippen molar-refractivity contribution in [1.29, 1.82) is 0 Å². The fraction of sp³-hybridized carbons (Fsp3) is 0.533. The van der Waals surface area contributed by atoms with Crippen LogP contribution in [0.2, 0.25) is 0 Å². The molecule has 0 aromatic heterocycles. The molecule has 1 saturated heterocycles. The highest BCUT2D eigenvalue weighted by atomic mass is 16.5. The minimum absolute atomic E-state index is 0.358. The minimum Gasteiger partial charge on any atom is -0.382 e. The zero-order valence-electron chi connectivity index (χ0n) is 11.6. The van der Waals surface area contributed by atoms with Crippen molar-refractivity contribution in [3.63, 3.8) is 0 Å². The molecule has 0 aliphatic carbocycles. The largest absolute Gasteiger partial charge is 0.382 e. The standard InChI is InChI=1S/C15H22N2O2/c1-3-13-9-12(6-7-19-13)17-14-5-4-11(15(16)18)8-10(14)2/h4-5,8,12-13,17H,3,6-7,9H2,1-2H3,(H2,16,18). The number of aryl methyl sites for hydroxylation is 1. The molecule has 0 radical (unpaired) electrons. The quantitative estimate of drug-likeness (QED) is 0.876. The molecule has 1 fully saturated rings. The zero-order valence-corrected chi connectivity index (χ0v) is 11.6. The van der Waals surface area contributed by atoms with Gasteiger partial charge in [-0.25, -0.2) is 0 Å². The Bertz CT molecular complexity index is 459. The molecule has 1 aliphatic rings. The van der Waals surface area contributed by atoms with Crippen molar-refractivity contribution in [3.8, 4) is 0 Å². The first kappa shape index (κ1) is 13.9. The highest BCUT2D eigenvalue weighted by molar-refractivity contribution is 5.93. The lowest BCUT2D eigenvalue weighted by Crippen LogP contribution is -2.33. The summed E-state index contributed by atoms with van der Waals surface area (Å²) in [5.41, 5.74) is 7.96. The number of amides is 1. The molecule has 0 bridgehead atoms. The van der Waals surface area contributed by atoms with E-state index in [2.05, 4.69) is 12.2 Å². The smallest absolute Gasteiger partial charge is 0.248 e. The van der Waals surface area contributed by atoms with Crippen molar-refractivity contribution in [2.45, 2.75) is 45.3 Å². The monoisotopic (exact) mass is 262 g/mol. The second kappa shape index (κ2) is 6.06. The molecule has 4 nitrogen and oxygen atoms in total. The number of ether oxygens (including phenoxy) is 1. The van der Waals surface area contributed by atoms with E-state index in [9.17, 15) is 4.79 Å². The van der Waals surface area contributed by atoms with Crippen LogP contribution in [0.4, 0.5) is 5.69 Å². The lowest BCUT2D eigenvalue weighted by molar-refractivity contribution is 0.00925. The second-order valence-electron chi connectivity index (χ2n) is 5.16. The minimum atomic E-state index is -0.383. The predicted molar refractivity (Wildman–Crippen MR) is 76.4 cm³/mol. The van der Waals surface area contributed by atoms with Crippen LogP contribution in [0.25, 0.3) is 0 Å². The Labute approximate surface area is 114 Å². The number of hydrogen-bond acceptors (Lipinski definition) is 3. The van der Waals surface area contributed by atoms with Crippen molar-refractivity contribution in [3.05, 3.63) is 29.3 Å². The summed E-state index contributed by atoms with van der Waals surface area (Å²) < 4.78 is 5.67. The van der Waals surface area contributed by atoms with Crippen LogP contribution in [0, 0.1) is 6.92 Å². The molecule has 2 rings (SSSR count). The highest BCUT2D eigenvalue weighted by Crippen LogP contribution is 2.23. The van der Waals surface area contributed by atoms with Gasteiger partial charge in [-0.1, -0.05) is 6.92 Å². The van der Waals surface area contributed by atoms with E-state index in [1.54, 1.807) is 6.07 Å². The third-order valence-electron chi connectivity index (χ3n) is 3.69. The number of anilines is 1. The number of benzene rings is 1. The van der Waals surface area contributed by atoms with Crippen LogP contribution in [-0.2, 0) is 4.74 Å². The number of carbonyl (C=O) groups is 1. The van der Waals surface area contributed by atoms with Crippen LogP contribution in [-0.4, -0.2) is 24.7 Å². The Morgan fingerprint density at radius 3 is 2.95 bits per heavy atom. The van der Waals surface area contributed by atoms with Crippen molar-refractivity contribution < 1.29 is 9.53 Å². The first-order valence-corrected chi connectivity index (χ1v) is 6.88. The van der Waals surface area contributed by atoms with E-state index in [-0.39, 0.29) is 5.91 Å². The SMILES string of the molecule is CCC1CC(Nc2ccc(C(N)=O)cc2C)CCO1. The van der Waals surface area contributed by atoms with Crippen molar-refractivity contribution in [2.24, 2.45) is 5.73 Å². The molecule has 1 aromatic carbocycles. The fourth-order valence-electron chi connectivity index (χ4n) is 2.49. The normalized spacial score (nSPS) is 23.1. The first-order chi connectivity index (χ1) is 9.10. The molecule has 0 spiro atoms. The molecule has 4 heteroatoms. The average molecular weight is 262 g/mol. The number of rotatable bonds is 4. The van der Waals surface area contributed by atoms with Crippen LogP contribution < -0.4 is 11.1 Å². The van der Waals surface area contributed by atoms with E-state index in [1.807, 2.05) is 19.1 Å². The van der Waals surface area contributed by atoms with Crippen LogP contribution >= 0.6 is 0 Å². The van der Waals surface area contributed by atoms with E-state index in [4.69, 9.17) is 10.5 Å². The number of nitrogens with two attached hydrogens (primary N) is 1. The summed E-state index contributed by atoms with van der Waals surface area (Å²) in [6.07, 6.45) is 3.47. The molecule has 1 aromatic rings. The molecule has 2 atom stereocenters. The van der Waals surface area contributed by atoms with Crippen molar-refractivity contribution >= 4 is 11.6 Å². The summed E-state index contributed by atoms with van der Waals surface area (Å²) in [7, 11) is 0. The highest BCUT2D eigenvalue weighted by Gasteiger charge is 2.21. The molecule has 1 amide bonds. The number of hydrogen-bond donors (Lipinski definition) is 2. The van der Waals surface area contributed by atoms with Gasteiger partial charge in [0.2, 0.25) is 5.91 Å². The van der Waals surface area contributed by atoms with Crippen LogP contribution in [0.3, 0.4) is 0 Å². The second-order valence-corrected chi connectivity index (χ2v) is 5.16. The molecule has 19 heavy (non-hydrogen) atoms. The number of primary amides is 1. The van der Waals surface area contributed by atoms with Gasteiger partial charge in [0.15, 0.2) is 0 Å². The molecule has 104 valence electrons. The van der Waals surface area contributed by atoms with Crippen molar-refractivity contribution in [1.82, 2.24) is 0 Å². The van der Waals surface area contributed by atoms with Gasteiger partial charge in [-0.15, -0.1) is 0 Å². The molecule has 2 unspecified atom stereocenters. The van der Waals surface area contributed by atoms with Crippen LogP contribution in [0.5, 0.6) is 0 Å². The Morgan fingerprint density at radius 1 is 1.53 bits per heavy atom. The Hall–Kier alpha value is -1.55. The van der Waals surface area contributed by atoms with E-state index in [0.717, 1.165) is 37.1 Å². The van der Waals surface area contributed by atoms with Gasteiger partial charge in [-0.2, -0.15) is 0 Å². The average Bonchev–Trinajstić information content (AvgIpc) is 2.41. The van der Waals surface area contributed by atoms with E-state index < -0.39 is 0 Å². The molecular formula is C15H22N2O2. The van der Waals surface area contributed by atoms with Gasteiger partial charge in [-0.3, -0.25) is 4.79 Å². The van der Waals surface area contributed by atoms with Gasteiger partial charge in [0.05, 0.1) is 6.10 Å². The topological polar surface area (TPSA) is 64.3 Å². The summed E-state index contributed by atoms with van der Waals surface area (Å²) >= 11 is 0. The number of nitrogens with one attached hydrogen (secondary N) is 1. The van der Waals surface area contributed by atoms with Gasteiger partial charge in [-0.05, 0) is 49.9 Å². The van der Waals surface area contributed by atoms with Gasteiger partial charge in [0, 0.05) is 23.9 Å². The lowest BCUT2D eigenvalue weighted by Gasteiger charge is -2.30. The lowest BCUT2D eigenvalue weighted by atomic mass is 10.0. The summed E-state index contributed by atoms with van der Waals surface area (Å²) in [4.78, 5) is 11.1. The van der Waals surface area contributed by atoms with E-state index >= 15 is 0 Å². The fourth-order valence-corrected chi connectivity index (χ4v) is 2.49. The summed E-state index contributed by atoms with van der Waals surface area (Å²) in [5, 5.41) is 3.55. The Balaban J connectivity index is 2.04. The summed E-state index contributed by atoms with van der Waals surface area (Å²) in [5.74, 6) is -0.383. The Morgan fingerprint density at radius 2 is 2.32 bits per heavy atom. The predicted octanol–water partition coefficient (Wildman–Crippen LogP) is 2.46. The first-order valence-electron chi connectivity index (χ1n) is 6.88. The molecule has 3 N–H and O–H groups in total. The molecule has 1 heterocycles. The third-order valence-corrected chi connectivity index (χ3v) is 3.69. The van der Waals surface area contributed by atoms with Gasteiger partial charge in [0.25, 0.3) is 0 Å². The van der Waals surface area contributed by atoms with E-state index in [0.29, 0.717) is 17.7 Å². The van der Waals surface area contributed by atoms with Crippen LogP contribution in [0.1, 0.15) is 42.1 Å². The molecular weight excluding hydrogens is 240 g/mol. The summed E-state index contributed by atoms with van der Waals surface area (Å²) in [6, 6.07) is 5.98. The van der Waals surface area contributed by atoms with Gasteiger partial charge in [0.1, 0.15) is 0 Å². The molecule has 1 aliphatic heterocycles.